The van der Waals surface area contributed by atoms with Crippen molar-refractivity contribution in [1.29, 1.82) is 5.26 Å². The highest BCUT2D eigenvalue weighted by molar-refractivity contribution is 5.95. The minimum Gasteiger partial charge on any atom is -0.356 e. The maximum Gasteiger partial charge on any atom is 0.257 e. The number of carbonyl (C=O) groups excluding carboxylic acids is 1. The third-order valence-corrected chi connectivity index (χ3v) is 6.64. The van der Waals surface area contributed by atoms with Gasteiger partial charge >= 0.3 is 0 Å². The molecule has 2 saturated heterocycles. The van der Waals surface area contributed by atoms with Crippen LogP contribution in [0.25, 0.3) is 5.65 Å². The molecule has 2 aromatic heterocycles. The summed E-state index contributed by atoms with van der Waals surface area (Å²) in [4.78, 5) is 22.0. The number of benzene rings is 1. The van der Waals surface area contributed by atoms with Crippen molar-refractivity contribution < 1.29 is 13.6 Å². The van der Waals surface area contributed by atoms with E-state index in [1.807, 2.05) is 19.2 Å². The van der Waals surface area contributed by atoms with Crippen molar-refractivity contribution in [1.82, 2.24) is 19.5 Å². The summed E-state index contributed by atoms with van der Waals surface area (Å²) < 4.78 is 30.4. The first-order valence-corrected chi connectivity index (χ1v) is 11.6. The van der Waals surface area contributed by atoms with E-state index >= 15 is 0 Å². The van der Waals surface area contributed by atoms with Gasteiger partial charge in [0.25, 0.3) is 5.91 Å². The molecule has 1 atom stereocenters. The molecule has 2 aliphatic rings. The summed E-state index contributed by atoms with van der Waals surface area (Å²) in [6, 6.07) is 4.44. The zero-order valence-electron chi connectivity index (χ0n) is 19.5. The fourth-order valence-corrected chi connectivity index (χ4v) is 4.88. The Morgan fingerprint density at radius 2 is 1.74 bits per heavy atom. The highest BCUT2D eigenvalue weighted by Crippen LogP contribution is 2.33. The molecule has 0 bridgehead atoms. The van der Waals surface area contributed by atoms with Gasteiger partial charge in [-0.25, -0.2) is 23.5 Å². The fraction of sp³-hybridized carbons (Fsp3) is 0.440. The SMILES string of the molecule is C#N.Cc1cn2nc(C3CCCCN3C(=O)c3ccc(C)c(F)c3F)cc2nc1N1CCCC1. The number of fused-ring (bicyclic) bond motifs is 1. The van der Waals surface area contributed by atoms with Crippen LogP contribution in [0.15, 0.2) is 24.4 Å². The maximum absolute atomic E-state index is 14.5. The Morgan fingerprint density at radius 1 is 1.03 bits per heavy atom. The largest absolute Gasteiger partial charge is 0.356 e. The van der Waals surface area contributed by atoms with Crippen molar-refractivity contribution in [3.05, 3.63) is 58.4 Å². The molecule has 2 aliphatic heterocycles. The molecular formula is C25H28F2N6O. The average molecular weight is 467 g/mol. The minimum absolute atomic E-state index is 0.185. The van der Waals surface area contributed by atoms with E-state index in [4.69, 9.17) is 15.3 Å². The van der Waals surface area contributed by atoms with E-state index in [0.717, 1.165) is 55.1 Å². The summed E-state index contributed by atoms with van der Waals surface area (Å²) in [7, 11) is 0. The van der Waals surface area contributed by atoms with Crippen LogP contribution >= 0.6 is 0 Å². The molecule has 1 unspecified atom stereocenters. The predicted octanol–water partition coefficient (Wildman–Crippen LogP) is 4.73. The van der Waals surface area contributed by atoms with Crippen molar-refractivity contribution in [3.63, 3.8) is 0 Å². The predicted molar refractivity (Wildman–Crippen MR) is 125 cm³/mol. The molecule has 1 aromatic carbocycles. The first kappa shape index (κ1) is 23.6. The van der Waals surface area contributed by atoms with Crippen molar-refractivity contribution >= 4 is 17.4 Å². The average Bonchev–Trinajstić information content (AvgIpc) is 3.53. The molecule has 5 rings (SSSR count). The van der Waals surface area contributed by atoms with E-state index in [-0.39, 0.29) is 17.2 Å². The number of anilines is 1. The van der Waals surface area contributed by atoms with Gasteiger partial charge < -0.3 is 9.80 Å². The van der Waals surface area contributed by atoms with Gasteiger partial charge in [-0.3, -0.25) is 4.79 Å². The molecule has 7 nitrogen and oxygen atoms in total. The lowest BCUT2D eigenvalue weighted by molar-refractivity contribution is 0.0599. The molecule has 0 N–H and O–H groups in total. The van der Waals surface area contributed by atoms with Crippen molar-refractivity contribution in [2.75, 3.05) is 24.5 Å². The summed E-state index contributed by atoms with van der Waals surface area (Å²) >= 11 is 0. The van der Waals surface area contributed by atoms with Gasteiger partial charge in [0.05, 0.1) is 17.3 Å². The number of piperidine rings is 1. The lowest BCUT2D eigenvalue weighted by atomic mass is 9.98. The Balaban J connectivity index is 0.00000133. The fourth-order valence-electron chi connectivity index (χ4n) is 4.88. The molecule has 34 heavy (non-hydrogen) atoms. The molecule has 4 heterocycles. The second-order valence-electron chi connectivity index (χ2n) is 8.88. The topological polar surface area (TPSA) is 77.5 Å². The lowest BCUT2D eigenvalue weighted by Gasteiger charge is -2.34. The lowest BCUT2D eigenvalue weighted by Crippen LogP contribution is -2.39. The van der Waals surface area contributed by atoms with E-state index in [1.54, 1.807) is 9.42 Å². The van der Waals surface area contributed by atoms with Gasteiger partial charge in [-0.15, -0.1) is 0 Å². The molecule has 3 aromatic rings. The van der Waals surface area contributed by atoms with Gasteiger partial charge in [-0.2, -0.15) is 5.10 Å². The van der Waals surface area contributed by atoms with Crippen LogP contribution in [0.1, 0.15) is 65.3 Å². The third kappa shape index (κ3) is 4.20. The first-order valence-electron chi connectivity index (χ1n) is 11.6. The number of halogens is 2. The van der Waals surface area contributed by atoms with Gasteiger partial charge in [0, 0.05) is 44.0 Å². The Kier molecular flexibility index (Phi) is 6.77. The number of nitriles is 1. The smallest absolute Gasteiger partial charge is 0.257 e. The van der Waals surface area contributed by atoms with Gasteiger partial charge in [0.15, 0.2) is 17.3 Å². The van der Waals surface area contributed by atoms with Crippen LogP contribution in [0.2, 0.25) is 0 Å². The molecule has 9 heteroatoms. The Bertz CT molecular complexity index is 1230. The second kappa shape index (κ2) is 9.75. The van der Waals surface area contributed by atoms with Crippen LogP contribution in [0.4, 0.5) is 14.6 Å². The van der Waals surface area contributed by atoms with E-state index < -0.39 is 17.5 Å². The normalized spacial score (nSPS) is 18.1. The quantitative estimate of drug-likeness (QED) is 0.558. The number of likely N-dealkylation sites (tertiary alicyclic amines) is 1. The summed E-state index contributed by atoms with van der Waals surface area (Å²) in [5.74, 6) is -1.56. The number of aryl methyl sites for hydroxylation is 2. The number of nitrogens with zero attached hydrogens (tertiary/aromatic N) is 6. The Morgan fingerprint density at radius 3 is 2.47 bits per heavy atom. The monoisotopic (exact) mass is 466 g/mol. The number of rotatable bonds is 3. The Hall–Kier alpha value is -3.54. The molecular weight excluding hydrogens is 438 g/mol. The van der Waals surface area contributed by atoms with Crippen LogP contribution in [0.3, 0.4) is 0 Å². The second-order valence-corrected chi connectivity index (χ2v) is 8.88. The molecule has 2 fully saturated rings. The zero-order chi connectivity index (χ0) is 24.4. The summed E-state index contributed by atoms with van der Waals surface area (Å²) in [5, 5.41) is 11.2. The number of amides is 1. The van der Waals surface area contributed by atoms with E-state index in [2.05, 4.69) is 11.5 Å². The zero-order valence-corrected chi connectivity index (χ0v) is 19.5. The highest BCUT2D eigenvalue weighted by Gasteiger charge is 2.33. The molecule has 0 saturated carbocycles. The minimum atomic E-state index is -1.08. The third-order valence-electron chi connectivity index (χ3n) is 6.64. The van der Waals surface area contributed by atoms with Gasteiger partial charge in [-0.1, -0.05) is 6.07 Å². The molecule has 0 radical (unpaired) electrons. The molecule has 0 spiro atoms. The first-order chi connectivity index (χ1) is 16.4. The van der Waals surface area contributed by atoms with E-state index in [0.29, 0.717) is 6.54 Å². The van der Waals surface area contributed by atoms with Crippen molar-refractivity contribution in [2.45, 2.75) is 52.0 Å². The maximum atomic E-state index is 14.5. The van der Waals surface area contributed by atoms with Gasteiger partial charge in [0.1, 0.15) is 5.82 Å². The molecule has 1 amide bonds. The Labute approximate surface area is 197 Å². The summed E-state index contributed by atoms with van der Waals surface area (Å²) in [6.07, 6.45) is 6.81. The van der Waals surface area contributed by atoms with Crippen LogP contribution < -0.4 is 4.90 Å². The number of hydrogen-bond acceptors (Lipinski definition) is 5. The van der Waals surface area contributed by atoms with Crippen molar-refractivity contribution in [3.8, 4) is 6.57 Å². The van der Waals surface area contributed by atoms with Crippen LogP contribution in [0, 0.1) is 37.3 Å². The standard InChI is InChI=1S/C24H27F2N5O.CHN/c1-15-8-9-17(22(26)21(15)25)24(32)30-12-4-3-7-19(30)18-13-20-27-23(29-10-5-6-11-29)16(2)14-31(20)28-18;1-2/h8-9,13-14,19H,3-7,10-12H2,1-2H3;1H. The number of hydrogen-bond donors (Lipinski definition) is 0. The van der Waals surface area contributed by atoms with Gasteiger partial charge in [0.2, 0.25) is 0 Å². The van der Waals surface area contributed by atoms with Gasteiger partial charge in [-0.05, 0) is 57.6 Å². The van der Waals surface area contributed by atoms with Crippen molar-refractivity contribution in [2.24, 2.45) is 0 Å². The summed E-state index contributed by atoms with van der Waals surface area (Å²) in [5.41, 5.74) is 2.48. The van der Waals surface area contributed by atoms with E-state index in [1.165, 1.54) is 31.9 Å². The van der Waals surface area contributed by atoms with Crippen LogP contribution in [-0.2, 0) is 0 Å². The highest BCUT2D eigenvalue weighted by atomic mass is 19.2. The number of carbonyl (C=O) groups is 1. The van der Waals surface area contributed by atoms with Crippen LogP contribution in [0.5, 0.6) is 0 Å². The van der Waals surface area contributed by atoms with E-state index in [9.17, 15) is 13.6 Å². The summed E-state index contributed by atoms with van der Waals surface area (Å²) in [6.45, 7) is 9.52. The molecule has 178 valence electrons. The molecule has 0 aliphatic carbocycles. The van der Waals surface area contributed by atoms with Crippen LogP contribution in [-0.4, -0.2) is 45.0 Å². The number of aromatic nitrogens is 3.